The zero-order valence-corrected chi connectivity index (χ0v) is 15.3. The first-order valence-corrected chi connectivity index (χ1v) is 8.33. The van der Waals surface area contributed by atoms with Crippen LogP contribution in [-0.2, 0) is 0 Å². The number of aromatic hydroxyl groups is 1. The van der Waals surface area contributed by atoms with Gasteiger partial charge in [-0.2, -0.15) is 0 Å². The number of nitrogens with one attached hydrogen (secondary N) is 2. The van der Waals surface area contributed by atoms with Gasteiger partial charge in [0.1, 0.15) is 23.0 Å². The van der Waals surface area contributed by atoms with Crippen molar-refractivity contribution in [2.24, 2.45) is 4.99 Å². The van der Waals surface area contributed by atoms with Crippen LogP contribution in [0.25, 0.3) is 0 Å². The molecule has 0 spiro atoms. The molecular weight excluding hydrogens is 344 g/mol. The van der Waals surface area contributed by atoms with Gasteiger partial charge in [0.2, 0.25) is 0 Å². The van der Waals surface area contributed by atoms with Crippen molar-refractivity contribution in [2.45, 2.75) is 0 Å². The molecule has 0 fully saturated rings. The molecule has 27 heavy (non-hydrogen) atoms. The Kier molecular flexibility index (Phi) is 4.94. The number of hydrogen-bond acceptors (Lipinski definition) is 6. The molecule has 0 heterocycles. The molecule has 0 radical (unpaired) electrons. The predicted molar refractivity (Wildman–Crippen MR) is 109 cm³/mol. The number of phenolic OH excluding ortho intramolecular Hbond substituents is 1. The van der Waals surface area contributed by atoms with Crippen LogP contribution in [0.4, 0.5) is 22.7 Å². The molecule has 0 aliphatic carbocycles. The number of hydrogen-bond donors (Lipinski definition) is 3. The van der Waals surface area contributed by atoms with Gasteiger partial charge in [0.15, 0.2) is 0 Å². The number of benzene rings is 2. The quantitative estimate of drug-likeness (QED) is 0.279. The van der Waals surface area contributed by atoms with E-state index >= 15 is 0 Å². The minimum Gasteiger partial charge on any atom is -0.505 e. The molecule has 0 aromatic heterocycles. The van der Waals surface area contributed by atoms with Crippen molar-refractivity contribution in [2.75, 3.05) is 31.8 Å². The van der Waals surface area contributed by atoms with Crippen LogP contribution in [0, 0.1) is 0 Å². The summed E-state index contributed by atoms with van der Waals surface area (Å²) < 4.78 is 0. The van der Waals surface area contributed by atoms with E-state index in [0.717, 1.165) is 0 Å². The molecule has 0 aliphatic heterocycles. The maximum atomic E-state index is 12.0. The van der Waals surface area contributed by atoms with Gasteiger partial charge in [0.25, 0.3) is 10.9 Å². The Hall–Kier alpha value is -3.61. The summed E-state index contributed by atoms with van der Waals surface area (Å²) in [5.41, 5.74) is 0.599. The molecule has 0 saturated heterocycles. The lowest BCUT2D eigenvalue weighted by Gasteiger charge is -2.19. The van der Waals surface area contributed by atoms with Crippen LogP contribution in [0.2, 0.25) is 0 Å². The van der Waals surface area contributed by atoms with Crippen LogP contribution >= 0.6 is 0 Å². The number of amidine groups is 1. The minimum atomic E-state index is -0.629. The van der Waals surface area contributed by atoms with Gasteiger partial charge in [-0.05, 0) is 24.3 Å². The Morgan fingerprint density at radius 1 is 0.926 bits per heavy atom. The Morgan fingerprint density at radius 2 is 1.56 bits per heavy atom. The lowest BCUT2D eigenvalue weighted by molar-refractivity contribution is 0.474. The average molecular weight is 364 g/mol. The lowest BCUT2D eigenvalue weighted by atomic mass is 10.1. The van der Waals surface area contributed by atoms with Crippen molar-refractivity contribution in [3.63, 3.8) is 0 Å². The second-order valence-corrected chi connectivity index (χ2v) is 6.17. The highest BCUT2D eigenvalue weighted by Crippen LogP contribution is 2.32. The van der Waals surface area contributed by atoms with Crippen molar-refractivity contribution in [1.29, 1.82) is 0 Å². The van der Waals surface area contributed by atoms with Gasteiger partial charge in [0.05, 0.1) is 11.3 Å². The van der Waals surface area contributed by atoms with Crippen molar-refractivity contribution >= 4 is 28.6 Å². The van der Waals surface area contributed by atoms with Crippen LogP contribution < -0.4 is 21.5 Å². The molecule has 0 amide bonds. The van der Waals surface area contributed by atoms with Gasteiger partial charge in [0, 0.05) is 26.8 Å². The van der Waals surface area contributed by atoms with E-state index in [9.17, 15) is 14.7 Å². The molecule has 3 aromatic carbocycles. The average Bonchev–Trinajstić information content (AvgIpc) is 2.67. The Morgan fingerprint density at radius 3 is 2.15 bits per heavy atom. The molecule has 7 heteroatoms. The summed E-state index contributed by atoms with van der Waals surface area (Å²) in [5, 5.41) is 16.5. The van der Waals surface area contributed by atoms with E-state index < -0.39 is 10.9 Å². The number of aliphatic imine (C=N–C) groups is 1. The molecule has 0 atom stereocenters. The summed E-state index contributed by atoms with van der Waals surface area (Å²) in [7, 11) is 5.27. The minimum absolute atomic E-state index is 0.0505. The van der Waals surface area contributed by atoms with Crippen molar-refractivity contribution in [1.82, 2.24) is 4.90 Å². The third-order valence-corrected chi connectivity index (χ3v) is 4.13. The standard InChI is InChI=1S/C20H20N4O3/c1-21-20(24(2)3)13-10-7-11-14(17(13)25)23-16-15(18(26)19(16)27)22-12-8-5-4-6-9-12/h4-11,22-23,25H,1-3H3. The predicted octanol–water partition coefficient (Wildman–Crippen LogP) is 2.41. The van der Waals surface area contributed by atoms with E-state index in [2.05, 4.69) is 15.6 Å². The number of nitrogens with zero attached hydrogens (tertiary/aromatic N) is 2. The second-order valence-electron chi connectivity index (χ2n) is 6.17. The number of rotatable bonds is 5. The van der Waals surface area contributed by atoms with Gasteiger partial charge in [-0.15, -0.1) is 0 Å². The first kappa shape index (κ1) is 18.2. The van der Waals surface area contributed by atoms with Gasteiger partial charge in [-0.1, -0.05) is 24.3 Å². The molecule has 3 aromatic rings. The summed E-state index contributed by atoms with van der Waals surface area (Å²) in [6, 6.07) is 14.2. The highest BCUT2D eigenvalue weighted by molar-refractivity contribution is 6.02. The van der Waals surface area contributed by atoms with E-state index in [0.29, 0.717) is 22.8 Å². The normalized spacial score (nSPS) is 11.4. The van der Waals surface area contributed by atoms with Crippen LogP contribution in [-0.4, -0.2) is 37.0 Å². The van der Waals surface area contributed by atoms with Crippen molar-refractivity contribution < 1.29 is 5.11 Å². The van der Waals surface area contributed by atoms with Gasteiger partial charge < -0.3 is 20.6 Å². The first-order chi connectivity index (χ1) is 12.9. The van der Waals surface area contributed by atoms with Gasteiger partial charge in [-0.25, -0.2) is 0 Å². The van der Waals surface area contributed by atoms with Crippen LogP contribution in [0.5, 0.6) is 5.75 Å². The third kappa shape index (κ3) is 3.39. The van der Waals surface area contributed by atoms with Crippen molar-refractivity contribution in [3.05, 3.63) is 74.5 Å². The van der Waals surface area contributed by atoms with E-state index in [4.69, 9.17) is 0 Å². The molecule has 0 aliphatic rings. The van der Waals surface area contributed by atoms with Gasteiger partial charge in [-0.3, -0.25) is 14.6 Å². The van der Waals surface area contributed by atoms with Crippen LogP contribution in [0.15, 0.2) is 63.1 Å². The Balaban J connectivity index is 1.95. The van der Waals surface area contributed by atoms with E-state index in [1.165, 1.54) is 0 Å². The van der Waals surface area contributed by atoms with E-state index in [1.54, 1.807) is 42.3 Å². The molecule has 138 valence electrons. The summed E-state index contributed by atoms with van der Waals surface area (Å²) in [5.74, 6) is 0.536. The zero-order valence-electron chi connectivity index (χ0n) is 15.3. The third-order valence-electron chi connectivity index (χ3n) is 4.13. The summed E-state index contributed by atoms with van der Waals surface area (Å²) >= 11 is 0. The topological polar surface area (TPSA) is 94.0 Å². The SMILES string of the molecule is CN=C(c1cccc(Nc2c(Nc3ccccc3)c(=O)c2=O)c1O)N(C)C. The molecular formula is C20H20N4O3. The second kappa shape index (κ2) is 7.33. The maximum absolute atomic E-state index is 12.0. The Labute approximate surface area is 156 Å². The summed E-state index contributed by atoms with van der Waals surface area (Å²) in [6.07, 6.45) is 0. The highest BCUT2D eigenvalue weighted by Gasteiger charge is 2.23. The molecule has 7 nitrogen and oxygen atoms in total. The van der Waals surface area contributed by atoms with E-state index in [1.807, 2.05) is 32.3 Å². The largest absolute Gasteiger partial charge is 0.505 e. The number of phenols is 1. The monoisotopic (exact) mass is 364 g/mol. The van der Waals surface area contributed by atoms with E-state index in [-0.39, 0.29) is 17.1 Å². The maximum Gasteiger partial charge on any atom is 0.253 e. The molecule has 0 saturated carbocycles. The molecule has 0 bridgehead atoms. The fraction of sp³-hybridized carbons (Fsp3) is 0.150. The van der Waals surface area contributed by atoms with Gasteiger partial charge >= 0.3 is 0 Å². The van der Waals surface area contributed by atoms with Crippen LogP contribution in [0.3, 0.4) is 0 Å². The lowest BCUT2D eigenvalue weighted by Crippen LogP contribution is -2.35. The molecule has 3 N–H and O–H groups in total. The first-order valence-electron chi connectivity index (χ1n) is 8.33. The van der Waals surface area contributed by atoms with Crippen molar-refractivity contribution in [3.8, 4) is 5.75 Å². The number of para-hydroxylation sites is 2. The summed E-state index contributed by atoms with van der Waals surface area (Å²) in [4.78, 5) is 30.0. The smallest absolute Gasteiger partial charge is 0.253 e. The Bertz CT molecular complexity index is 1060. The zero-order chi connectivity index (χ0) is 19.6. The fourth-order valence-corrected chi connectivity index (χ4v) is 2.82. The van der Waals surface area contributed by atoms with Crippen LogP contribution in [0.1, 0.15) is 5.56 Å². The molecule has 3 rings (SSSR count). The highest BCUT2D eigenvalue weighted by atomic mass is 16.3. The molecule has 0 unspecified atom stereocenters. The fourth-order valence-electron chi connectivity index (χ4n) is 2.82. The number of anilines is 4. The summed E-state index contributed by atoms with van der Waals surface area (Å²) in [6.45, 7) is 0.